The number of aliphatic hydroxyl groups is 1. The summed E-state index contributed by atoms with van der Waals surface area (Å²) in [4.78, 5) is 0. The molecular weight excluding hydrogens is 188 g/mol. The van der Waals surface area contributed by atoms with Crippen molar-refractivity contribution in [2.75, 3.05) is 7.11 Å². The summed E-state index contributed by atoms with van der Waals surface area (Å²) in [6.07, 6.45) is 2.80. The maximum atomic E-state index is 10.1. The summed E-state index contributed by atoms with van der Waals surface area (Å²) in [7, 11) is 1.66. The number of hydrogen-bond donors (Lipinski definition) is 1. The van der Waals surface area contributed by atoms with E-state index in [-0.39, 0.29) is 0 Å². The van der Waals surface area contributed by atoms with Crippen molar-refractivity contribution in [1.82, 2.24) is 0 Å². The van der Waals surface area contributed by atoms with Crippen LogP contribution in [-0.4, -0.2) is 17.8 Å². The van der Waals surface area contributed by atoms with Gasteiger partial charge in [-0.3, -0.25) is 0 Å². The van der Waals surface area contributed by atoms with Crippen molar-refractivity contribution in [3.63, 3.8) is 0 Å². The molecule has 2 heteroatoms. The van der Waals surface area contributed by atoms with Crippen LogP contribution in [0.1, 0.15) is 25.3 Å². The van der Waals surface area contributed by atoms with Gasteiger partial charge in [-0.05, 0) is 30.0 Å². The van der Waals surface area contributed by atoms with Crippen LogP contribution in [0.5, 0.6) is 5.75 Å². The minimum Gasteiger partial charge on any atom is -0.497 e. The van der Waals surface area contributed by atoms with Crippen molar-refractivity contribution in [1.29, 1.82) is 0 Å². The SMILES string of the molecule is CCC1CC1(O)Cc1ccc(OC)cc1. The second kappa shape index (κ2) is 3.86. The van der Waals surface area contributed by atoms with Crippen molar-refractivity contribution < 1.29 is 9.84 Å². The molecular formula is C13H18O2. The van der Waals surface area contributed by atoms with Gasteiger partial charge in [0, 0.05) is 6.42 Å². The van der Waals surface area contributed by atoms with Crippen LogP contribution < -0.4 is 4.74 Å². The van der Waals surface area contributed by atoms with Crippen molar-refractivity contribution in [3.8, 4) is 5.75 Å². The Morgan fingerprint density at radius 1 is 1.40 bits per heavy atom. The maximum Gasteiger partial charge on any atom is 0.118 e. The van der Waals surface area contributed by atoms with E-state index in [0.717, 1.165) is 25.0 Å². The Morgan fingerprint density at radius 3 is 2.53 bits per heavy atom. The normalized spacial score (nSPS) is 28.9. The quantitative estimate of drug-likeness (QED) is 0.819. The predicted octanol–water partition coefficient (Wildman–Crippen LogP) is 2.40. The van der Waals surface area contributed by atoms with Gasteiger partial charge in [0.05, 0.1) is 12.7 Å². The minimum absolute atomic E-state index is 0.427. The molecule has 2 nitrogen and oxygen atoms in total. The molecule has 1 aromatic rings. The lowest BCUT2D eigenvalue weighted by molar-refractivity contribution is 0.130. The molecule has 0 amide bonds. The van der Waals surface area contributed by atoms with Crippen molar-refractivity contribution >= 4 is 0 Å². The topological polar surface area (TPSA) is 29.5 Å². The van der Waals surface area contributed by atoms with Gasteiger partial charge in [-0.25, -0.2) is 0 Å². The summed E-state index contributed by atoms with van der Waals surface area (Å²) in [6.45, 7) is 2.14. The third-order valence-electron chi connectivity index (χ3n) is 3.36. The van der Waals surface area contributed by atoms with Gasteiger partial charge in [-0.2, -0.15) is 0 Å². The van der Waals surface area contributed by atoms with Crippen LogP contribution in [0.15, 0.2) is 24.3 Å². The maximum absolute atomic E-state index is 10.1. The van der Waals surface area contributed by atoms with Gasteiger partial charge in [0.15, 0.2) is 0 Å². The van der Waals surface area contributed by atoms with Gasteiger partial charge in [0.25, 0.3) is 0 Å². The Bertz CT molecular complexity index is 331. The van der Waals surface area contributed by atoms with Gasteiger partial charge >= 0.3 is 0 Å². The lowest BCUT2D eigenvalue weighted by Crippen LogP contribution is -2.14. The predicted molar refractivity (Wildman–Crippen MR) is 60.0 cm³/mol. The average molecular weight is 206 g/mol. The third-order valence-corrected chi connectivity index (χ3v) is 3.36. The molecule has 1 saturated carbocycles. The summed E-state index contributed by atoms with van der Waals surface area (Å²) < 4.78 is 5.09. The fourth-order valence-corrected chi connectivity index (χ4v) is 2.21. The van der Waals surface area contributed by atoms with Gasteiger partial charge < -0.3 is 9.84 Å². The van der Waals surface area contributed by atoms with Crippen LogP contribution in [0, 0.1) is 5.92 Å². The lowest BCUT2D eigenvalue weighted by Gasteiger charge is -2.10. The molecule has 0 spiro atoms. The smallest absolute Gasteiger partial charge is 0.118 e. The summed E-state index contributed by atoms with van der Waals surface area (Å²) in [5, 5.41) is 10.1. The highest BCUT2D eigenvalue weighted by Gasteiger charge is 2.50. The molecule has 1 N–H and O–H groups in total. The molecule has 2 atom stereocenters. The Hall–Kier alpha value is -1.02. The van der Waals surface area contributed by atoms with Crippen LogP contribution in [0.2, 0.25) is 0 Å². The zero-order valence-electron chi connectivity index (χ0n) is 9.36. The van der Waals surface area contributed by atoms with Gasteiger partial charge in [0.1, 0.15) is 5.75 Å². The zero-order valence-corrected chi connectivity index (χ0v) is 9.36. The molecule has 2 unspecified atom stereocenters. The molecule has 15 heavy (non-hydrogen) atoms. The van der Waals surface area contributed by atoms with Crippen molar-refractivity contribution in [2.24, 2.45) is 5.92 Å². The van der Waals surface area contributed by atoms with E-state index in [4.69, 9.17) is 4.74 Å². The van der Waals surface area contributed by atoms with E-state index in [0.29, 0.717) is 5.92 Å². The molecule has 1 aliphatic carbocycles. The summed E-state index contributed by atoms with van der Waals surface area (Å²) in [5.41, 5.74) is 0.762. The van der Waals surface area contributed by atoms with Gasteiger partial charge in [-0.15, -0.1) is 0 Å². The molecule has 82 valence electrons. The van der Waals surface area contributed by atoms with E-state index in [1.165, 1.54) is 5.56 Å². The molecule has 0 heterocycles. The lowest BCUT2D eigenvalue weighted by atomic mass is 10.0. The number of methoxy groups -OCH3 is 1. The largest absolute Gasteiger partial charge is 0.497 e. The second-order valence-corrected chi connectivity index (χ2v) is 4.44. The minimum atomic E-state index is -0.427. The Labute approximate surface area is 90.9 Å². The second-order valence-electron chi connectivity index (χ2n) is 4.44. The van der Waals surface area contributed by atoms with Crippen LogP contribution >= 0.6 is 0 Å². The summed E-state index contributed by atoms with van der Waals surface area (Å²) in [5.74, 6) is 1.37. The van der Waals surface area contributed by atoms with Crippen LogP contribution in [-0.2, 0) is 6.42 Å². The zero-order chi connectivity index (χ0) is 10.9. The number of benzene rings is 1. The standard InChI is InChI=1S/C13H18O2/c1-3-11-9-13(11,14)8-10-4-6-12(15-2)7-5-10/h4-7,11,14H,3,8-9H2,1-2H3. The molecule has 1 fully saturated rings. The highest BCUT2D eigenvalue weighted by atomic mass is 16.5. The molecule has 0 aliphatic heterocycles. The fourth-order valence-electron chi connectivity index (χ4n) is 2.21. The van der Waals surface area contributed by atoms with Crippen LogP contribution in [0.3, 0.4) is 0 Å². The number of ether oxygens (including phenoxy) is 1. The van der Waals surface area contributed by atoms with Gasteiger partial charge in [0.2, 0.25) is 0 Å². The number of hydrogen-bond acceptors (Lipinski definition) is 2. The summed E-state index contributed by atoms with van der Waals surface area (Å²) in [6, 6.07) is 7.95. The number of rotatable bonds is 4. The Kier molecular flexibility index (Phi) is 2.70. The average Bonchev–Trinajstić information content (AvgIpc) is 2.90. The van der Waals surface area contributed by atoms with E-state index >= 15 is 0 Å². The van der Waals surface area contributed by atoms with E-state index < -0.39 is 5.60 Å². The highest BCUT2D eigenvalue weighted by Crippen LogP contribution is 2.47. The molecule has 0 radical (unpaired) electrons. The van der Waals surface area contributed by atoms with Crippen LogP contribution in [0.25, 0.3) is 0 Å². The van der Waals surface area contributed by atoms with Crippen molar-refractivity contribution in [2.45, 2.75) is 31.8 Å². The first-order valence-corrected chi connectivity index (χ1v) is 5.53. The van der Waals surface area contributed by atoms with E-state index in [1.54, 1.807) is 7.11 Å². The first-order valence-electron chi connectivity index (χ1n) is 5.53. The fraction of sp³-hybridized carbons (Fsp3) is 0.538. The molecule has 2 rings (SSSR count). The molecule has 0 aromatic heterocycles. The monoisotopic (exact) mass is 206 g/mol. The Balaban J connectivity index is 2.00. The van der Waals surface area contributed by atoms with E-state index in [1.807, 2.05) is 24.3 Å². The van der Waals surface area contributed by atoms with E-state index in [9.17, 15) is 5.11 Å². The molecule has 0 bridgehead atoms. The Morgan fingerprint density at radius 2 is 2.07 bits per heavy atom. The highest BCUT2D eigenvalue weighted by molar-refractivity contribution is 5.29. The first kappa shape index (κ1) is 10.5. The third kappa shape index (κ3) is 2.15. The first-order chi connectivity index (χ1) is 7.18. The molecule has 1 aromatic carbocycles. The van der Waals surface area contributed by atoms with Crippen LogP contribution in [0.4, 0.5) is 0 Å². The molecule has 1 aliphatic rings. The van der Waals surface area contributed by atoms with Gasteiger partial charge in [-0.1, -0.05) is 25.5 Å². The van der Waals surface area contributed by atoms with E-state index in [2.05, 4.69) is 6.92 Å². The summed E-state index contributed by atoms with van der Waals surface area (Å²) >= 11 is 0. The van der Waals surface area contributed by atoms with Crippen molar-refractivity contribution in [3.05, 3.63) is 29.8 Å². The molecule has 0 saturated heterocycles.